The highest BCUT2D eigenvalue weighted by Crippen LogP contribution is 2.29. The Balaban J connectivity index is 1.82. The number of benzene rings is 4. The van der Waals surface area contributed by atoms with Crippen molar-refractivity contribution in [3.05, 3.63) is 130 Å². The summed E-state index contributed by atoms with van der Waals surface area (Å²) in [5.41, 5.74) is 5.82. The summed E-state index contributed by atoms with van der Waals surface area (Å²) in [7, 11) is -4.15. The number of carbonyl (C=O) groups is 2. The number of anilines is 1. The van der Waals surface area contributed by atoms with Crippen molar-refractivity contribution < 1.29 is 18.0 Å². The van der Waals surface area contributed by atoms with E-state index in [1.54, 1.807) is 35.2 Å². The predicted molar refractivity (Wildman–Crippen MR) is 185 cm³/mol. The van der Waals surface area contributed by atoms with Gasteiger partial charge in [-0.1, -0.05) is 103 Å². The second kappa shape index (κ2) is 15.7. The van der Waals surface area contributed by atoms with Gasteiger partial charge < -0.3 is 10.2 Å². The summed E-state index contributed by atoms with van der Waals surface area (Å²) < 4.78 is 29.8. The van der Waals surface area contributed by atoms with E-state index < -0.39 is 28.5 Å². The third kappa shape index (κ3) is 8.63. The molecule has 1 atom stereocenters. The maximum Gasteiger partial charge on any atom is 0.264 e. The zero-order valence-corrected chi connectivity index (χ0v) is 28.3. The number of nitrogens with one attached hydrogen (secondary N) is 1. The number of hydrogen-bond donors (Lipinski definition) is 1. The molecule has 0 radical (unpaired) electrons. The fraction of sp³-hybridized carbons (Fsp3) is 0.316. The van der Waals surface area contributed by atoms with Crippen LogP contribution >= 0.6 is 0 Å². The van der Waals surface area contributed by atoms with Crippen LogP contribution in [0.2, 0.25) is 0 Å². The third-order valence-corrected chi connectivity index (χ3v) is 9.99. The number of nitrogens with zero attached hydrogens (tertiary/aromatic N) is 2. The lowest BCUT2D eigenvalue weighted by atomic mass is 10.0. The Morgan fingerprint density at radius 1 is 0.783 bits per heavy atom. The van der Waals surface area contributed by atoms with Gasteiger partial charge in [-0.15, -0.1) is 0 Å². The summed E-state index contributed by atoms with van der Waals surface area (Å²) in [6, 6.07) is 28.6. The van der Waals surface area contributed by atoms with Crippen LogP contribution in [0.3, 0.4) is 0 Å². The standard InChI is InChI=1S/C38H45N3O4S/c1-6-7-23-39-38(43)36(25-32-14-9-8-10-15-32)40(26-33-16-12-11-13-30(33)4)37(42)27-41(35-22-19-29(3)24-31(35)5)46(44,45)34-20-17-28(2)18-21-34/h8-22,24,36H,6-7,23,25-27H2,1-5H3,(H,39,43)/t36-/m0/s1. The van der Waals surface area contributed by atoms with Crippen molar-refractivity contribution in [2.24, 2.45) is 0 Å². The third-order valence-electron chi connectivity index (χ3n) is 8.21. The highest BCUT2D eigenvalue weighted by molar-refractivity contribution is 7.92. The lowest BCUT2D eigenvalue weighted by Gasteiger charge is -2.34. The van der Waals surface area contributed by atoms with Crippen molar-refractivity contribution in [1.82, 2.24) is 10.2 Å². The monoisotopic (exact) mass is 639 g/mol. The molecule has 8 heteroatoms. The number of sulfonamides is 1. The van der Waals surface area contributed by atoms with Crippen LogP contribution < -0.4 is 9.62 Å². The Morgan fingerprint density at radius 3 is 2.09 bits per heavy atom. The second-order valence-corrected chi connectivity index (χ2v) is 13.8. The number of hydrogen-bond acceptors (Lipinski definition) is 4. The molecule has 4 aromatic carbocycles. The highest BCUT2D eigenvalue weighted by atomic mass is 32.2. The minimum atomic E-state index is -4.15. The van der Waals surface area contributed by atoms with Crippen molar-refractivity contribution >= 4 is 27.5 Å². The van der Waals surface area contributed by atoms with E-state index in [1.165, 1.54) is 4.31 Å². The maximum absolute atomic E-state index is 14.7. The smallest absolute Gasteiger partial charge is 0.264 e. The van der Waals surface area contributed by atoms with Crippen LogP contribution in [0.1, 0.15) is 53.1 Å². The highest BCUT2D eigenvalue weighted by Gasteiger charge is 2.35. The van der Waals surface area contributed by atoms with E-state index in [2.05, 4.69) is 12.2 Å². The molecule has 0 aliphatic rings. The van der Waals surface area contributed by atoms with Crippen LogP contribution in [0.25, 0.3) is 0 Å². The number of aryl methyl sites for hydroxylation is 4. The van der Waals surface area contributed by atoms with Crippen LogP contribution in [0, 0.1) is 27.7 Å². The number of unbranched alkanes of at least 4 members (excludes halogenated alkanes) is 1. The Labute approximate surface area is 274 Å². The van der Waals surface area contributed by atoms with E-state index in [0.717, 1.165) is 46.2 Å². The van der Waals surface area contributed by atoms with Gasteiger partial charge in [0.15, 0.2) is 0 Å². The van der Waals surface area contributed by atoms with E-state index in [0.29, 0.717) is 12.2 Å². The molecular weight excluding hydrogens is 595 g/mol. The van der Waals surface area contributed by atoms with Crippen molar-refractivity contribution in [3.63, 3.8) is 0 Å². The summed E-state index contributed by atoms with van der Waals surface area (Å²) >= 11 is 0. The minimum Gasteiger partial charge on any atom is -0.354 e. The molecule has 7 nitrogen and oxygen atoms in total. The summed E-state index contributed by atoms with van der Waals surface area (Å²) in [5, 5.41) is 3.04. The van der Waals surface area contributed by atoms with Crippen molar-refractivity contribution in [2.75, 3.05) is 17.4 Å². The number of rotatable bonds is 14. The molecule has 46 heavy (non-hydrogen) atoms. The average molecular weight is 640 g/mol. The van der Waals surface area contributed by atoms with Crippen LogP contribution in [0.5, 0.6) is 0 Å². The van der Waals surface area contributed by atoms with Gasteiger partial charge in [0.05, 0.1) is 10.6 Å². The molecule has 242 valence electrons. The largest absolute Gasteiger partial charge is 0.354 e. The maximum atomic E-state index is 14.7. The summed E-state index contributed by atoms with van der Waals surface area (Å²) in [6.45, 7) is 9.86. The molecule has 0 aliphatic heterocycles. The lowest BCUT2D eigenvalue weighted by molar-refractivity contribution is -0.140. The first-order chi connectivity index (χ1) is 22.0. The van der Waals surface area contributed by atoms with Gasteiger partial charge in [-0.2, -0.15) is 0 Å². The topological polar surface area (TPSA) is 86.8 Å². The fourth-order valence-corrected chi connectivity index (χ4v) is 6.95. The zero-order valence-electron chi connectivity index (χ0n) is 27.5. The summed E-state index contributed by atoms with van der Waals surface area (Å²) in [4.78, 5) is 30.2. The molecular formula is C38H45N3O4S. The van der Waals surface area contributed by atoms with Gasteiger partial charge in [-0.05, 0) is 74.6 Å². The molecule has 0 fully saturated rings. The van der Waals surface area contributed by atoms with Crippen LogP contribution in [-0.2, 0) is 32.6 Å². The molecule has 0 heterocycles. The second-order valence-electron chi connectivity index (χ2n) is 11.9. The van der Waals surface area contributed by atoms with E-state index >= 15 is 0 Å². The molecule has 2 amide bonds. The van der Waals surface area contributed by atoms with E-state index in [-0.39, 0.29) is 23.8 Å². The van der Waals surface area contributed by atoms with E-state index in [4.69, 9.17) is 0 Å². The first kappa shape index (κ1) is 34.4. The quantitative estimate of drug-likeness (QED) is 0.156. The predicted octanol–water partition coefficient (Wildman–Crippen LogP) is 6.67. The molecule has 0 saturated carbocycles. The molecule has 0 aliphatic carbocycles. The van der Waals surface area contributed by atoms with Gasteiger partial charge in [0, 0.05) is 19.5 Å². The molecule has 4 rings (SSSR count). The van der Waals surface area contributed by atoms with Gasteiger partial charge in [0.25, 0.3) is 10.0 Å². The fourth-order valence-electron chi connectivity index (χ4n) is 5.47. The van der Waals surface area contributed by atoms with E-state index in [9.17, 15) is 18.0 Å². The molecule has 0 saturated heterocycles. The van der Waals surface area contributed by atoms with Crippen LogP contribution in [0.4, 0.5) is 5.69 Å². The summed E-state index contributed by atoms with van der Waals surface area (Å²) in [5.74, 6) is -0.732. The van der Waals surface area contributed by atoms with Gasteiger partial charge in [-0.25, -0.2) is 8.42 Å². The van der Waals surface area contributed by atoms with Crippen molar-refractivity contribution in [3.8, 4) is 0 Å². The minimum absolute atomic E-state index is 0.0921. The van der Waals surface area contributed by atoms with Gasteiger partial charge >= 0.3 is 0 Å². The Kier molecular flexibility index (Phi) is 11.8. The average Bonchev–Trinajstić information content (AvgIpc) is 3.03. The Morgan fingerprint density at radius 2 is 1.43 bits per heavy atom. The normalized spacial score (nSPS) is 11.9. The van der Waals surface area contributed by atoms with Gasteiger partial charge in [-0.3, -0.25) is 13.9 Å². The zero-order chi connectivity index (χ0) is 33.3. The van der Waals surface area contributed by atoms with Crippen molar-refractivity contribution in [2.45, 2.75) is 71.4 Å². The van der Waals surface area contributed by atoms with Gasteiger partial charge in [0.2, 0.25) is 11.8 Å². The molecule has 0 spiro atoms. The Bertz CT molecular complexity index is 1740. The summed E-state index contributed by atoms with van der Waals surface area (Å²) in [6.07, 6.45) is 2.01. The van der Waals surface area contributed by atoms with E-state index in [1.807, 2.05) is 94.4 Å². The molecule has 1 N–H and O–H groups in total. The van der Waals surface area contributed by atoms with Crippen LogP contribution in [0.15, 0.2) is 102 Å². The SMILES string of the molecule is CCCCNC(=O)[C@H](Cc1ccccc1)N(Cc1ccccc1C)C(=O)CN(c1ccc(C)cc1C)S(=O)(=O)c1ccc(C)cc1. The van der Waals surface area contributed by atoms with Gasteiger partial charge in [0.1, 0.15) is 12.6 Å². The Hall–Kier alpha value is -4.43. The van der Waals surface area contributed by atoms with Crippen LogP contribution in [-0.4, -0.2) is 44.3 Å². The molecule has 0 unspecified atom stereocenters. The molecule has 0 aromatic heterocycles. The number of carbonyl (C=O) groups excluding carboxylic acids is 2. The first-order valence-electron chi connectivity index (χ1n) is 15.8. The molecule has 0 bridgehead atoms. The first-order valence-corrected chi connectivity index (χ1v) is 17.3. The lowest BCUT2D eigenvalue weighted by Crippen LogP contribution is -2.53. The number of amides is 2. The van der Waals surface area contributed by atoms with Crippen molar-refractivity contribution in [1.29, 1.82) is 0 Å². The molecule has 4 aromatic rings.